The standard InChI is InChI=1S/C88H54N8.2Pd/c1-8-24-55(25-9-1)80-65-41-44-69(90-65)83(58-30-14-4-15-31-58)73-49-52-77(94-73)87(78-53-50-74(95-78)84(59-32-16-5-17-33-59)70-45-42-66(80)91-70)63-39-23-22-38-62(63)64-54-79-85(60-34-18-6-19-35-60)75-47-46-71(92-75)81(56-26-10-2-11-27-56)67-40-43-68(89-67)82(57-28-12-3-13-29-57)72-48-51-76(93-72)86(88(64)96-79)61-36-20-7-21-37-61;;/h1-54H;;/q-4;2*+2. The maximum Gasteiger partial charge on any atom is 2.00 e. The predicted molar refractivity (Wildman–Crippen MR) is 396 cm³/mol. The predicted octanol–water partition coefficient (Wildman–Crippen LogP) is 21.1. The molecule has 16 bridgehead atoms. The first kappa shape index (κ1) is 61.2. The molecule has 8 aromatic carbocycles. The van der Waals surface area contributed by atoms with E-state index in [1.807, 2.05) is 30.3 Å². The second kappa shape index (κ2) is 26.1. The van der Waals surface area contributed by atoms with Crippen LogP contribution in [0.15, 0.2) is 279 Å². The van der Waals surface area contributed by atoms with Gasteiger partial charge in [0.25, 0.3) is 0 Å². The smallest absolute Gasteiger partial charge is 0.657 e. The van der Waals surface area contributed by atoms with E-state index in [0.717, 1.165) is 190 Å². The molecule has 0 N–H and O–H groups in total. The van der Waals surface area contributed by atoms with Gasteiger partial charge in [0.05, 0.1) is 45.6 Å². The largest absolute Gasteiger partial charge is 2.00 e. The van der Waals surface area contributed by atoms with Gasteiger partial charge in [-0.3, -0.25) is 0 Å². The van der Waals surface area contributed by atoms with Gasteiger partial charge in [-0.2, -0.15) is 0 Å². The Bertz CT molecular complexity index is 5870. The van der Waals surface area contributed by atoms with Gasteiger partial charge in [-0.15, -0.1) is 44.1 Å². The number of fused-ring (bicyclic) bond motifs is 16. The number of hydrogen-bond acceptors (Lipinski definition) is 4. The second-order valence-corrected chi connectivity index (χ2v) is 24.0. The second-order valence-electron chi connectivity index (χ2n) is 24.0. The first-order chi connectivity index (χ1) is 47.6. The Balaban J connectivity index is 0.00000376. The zero-order valence-electron chi connectivity index (χ0n) is 52.4. The minimum absolute atomic E-state index is 0. The van der Waals surface area contributed by atoms with Crippen LogP contribution in [0.5, 0.6) is 0 Å². The van der Waals surface area contributed by atoms with Crippen molar-refractivity contribution in [3.63, 3.8) is 0 Å². The minimum Gasteiger partial charge on any atom is -0.657 e. The molecule has 18 rings (SSSR count). The molecule has 10 heteroatoms. The van der Waals surface area contributed by atoms with Gasteiger partial charge in [-0.05, 0) is 149 Å². The molecule has 0 aliphatic carbocycles. The SMILES string of the molecule is C1=Cc2nc1c(-c1ccccc1)c1ccc([n-]1)c(-c1ccccc1)c1nc(c(-c3ccccc3-c3cc4[n-]c3c(-c3ccccc3)c3nc(c(-c5ccccc5)c5ccc([n-]5)c(-c5ccccc5)c5nc(c4-c4ccccc4)C=C5)C=C3)c3ccc([n-]3)c2-c2ccccc2)C=C1.[Pd+2].[Pd+2]. The van der Waals surface area contributed by atoms with Crippen molar-refractivity contribution >= 4 is 92.7 Å². The van der Waals surface area contributed by atoms with Gasteiger partial charge in [0.15, 0.2) is 0 Å². The summed E-state index contributed by atoms with van der Waals surface area (Å²) in [4.78, 5) is 45.4. The van der Waals surface area contributed by atoms with Crippen LogP contribution in [-0.2, 0) is 40.8 Å². The molecule has 0 spiro atoms. The Hall–Kier alpha value is -11.7. The molecular formula is C88H54N8Pd2. The molecule has 0 amide bonds. The molecule has 0 unspecified atom stereocenters. The summed E-state index contributed by atoms with van der Waals surface area (Å²) in [6, 6.07) is 96.9. The van der Waals surface area contributed by atoms with Crippen LogP contribution in [0.4, 0.5) is 0 Å². The van der Waals surface area contributed by atoms with E-state index in [1.165, 1.54) is 0 Å². The molecule has 0 radical (unpaired) electrons. The Morgan fingerprint density at radius 2 is 0.388 bits per heavy atom. The normalized spacial score (nSPS) is 12.0. The molecule has 466 valence electrons. The molecule has 4 aliphatic heterocycles. The zero-order chi connectivity index (χ0) is 63.5. The molecule has 0 saturated heterocycles. The van der Waals surface area contributed by atoms with E-state index in [1.54, 1.807) is 0 Å². The Labute approximate surface area is 593 Å². The summed E-state index contributed by atoms with van der Waals surface area (Å²) in [6.07, 6.45) is 17.0. The van der Waals surface area contributed by atoms with Crippen molar-refractivity contribution in [2.75, 3.05) is 0 Å². The molecule has 6 aromatic heterocycles. The summed E-state index contributed by atoms with van der Waals surface area (Å²) in [7, 11) is 0. The van der Waals surface area contributed by atoms with Crippen LogP contribution < -0.4 is 19.9 Å². The van der Waals surface area contributed by atoms with Gasteiger partial charge in [-0.25, -0.2) is 19.9 Å². The Kier molecular flexibility index (Phi) is 16.3. The van der Waals surface area contributed by atoms with E-state index in [0.29, 0.717) is 0 Å². The molecular weight excluding hydrogens is 1380 g/mol. The van der Waals surface area contributed by atoms with Crippen molar-refractivity contribution in [1.29, 1.82) is 0 Å². The summed E-state index contributed by atoms with van der Waals surface area (Å²) in [5, 5.41) is 0. The number of nitrogens with zero attached hydrogens (tertiary/aromatic N) is 8. The van der Waals surface area contributed by atoms with Crippen molar-refractivity contribution < 1.29 is 40.8 Å². The zero-order valence-corrected chi connectivity index (χ0v) is 55.5. The Morgan fingerprint density at radius 1 is 0.173 bits per heavy atom. The van der Waals surface area contributed by atoms with Crippen molar-refractivity contribution in [3.8, 4) is 100 Å². The fraction of sp³-hybridized carbons (Fsp3) is 0. The molecule has 98 heavy (non-hydrogen) atoms. The monoisotopic (exact) mass is 1430 g/mol. The van der Waals surface area contributed by atoms with Gasteiger partial charge in [-0.1, -0.05) is 279 Å². The van der Waals surface area contributed by atoms with E-state index in [2.05, 4.69) is 297 Å². The van der Waals surface area contributed by atoms with Crippen LogP contribution >= 0.6 is 0 Å². The molecule has 4 aliphatic rings. The number of aromatic nitrogens is 8. The third-order valence-electron chi connectivity index (χ3n) is 18.3. The van der Waals surface area contributed by atoms with Gasteiger partial charge in [0, 0.05) is 0 Å². The van der Waals surface area contributed by atoms with E-state index >= 15 is 0 Å². The van der Waals surface area contributed by atoms with E-state index in [-0.39, 0.29) is 40.8 Å². The third-order valence-corrected chi connectivity index (χ3v) is 18.3. The van der Waals surface area contributed by atoms with Crippen molar-refractivity contribution in [2.24, 2.45) is 0 Å². The fourth-order valence-corrected chi connectivity index (χ4v) is 14.0. The van der Waals surface area contributed by atoms with Crippen LogP contribution in [0, 0.1) is 0 Å². The average molecular weight is 1440 g/mol. The fourth-order valence-electron chi connectivity index (χ4n) is 14.0. The molecule has 0 atom stereocenters. The van der Waals surface area contributed by atoms with Crippen LogP contribution in [-0.4, -0.2) is 19.9 Å². The molecule has 10 heterocycles. The molecule has 14 aromatic rings. The molecule has 0 saturated carbocycles. The molecule has 0 fully saturated rings. The van der Waals surface area contributed by atoms with Crippen LogP contribution in [0.3, 0.4) is 0 Å². The van der Waals surface area contributed by atoms with Gasteiger partial charge in [0.1, 0.15) is 0 Å². The van der Waals surface area contributed by atoms with E-state index in [4.69, 9.17) is 39.9 Å². The topological polar surface area (TPSA) is 108 Å². The maximum atomic E-state index is 5.98. The van der Waals surface area contributed by atoms with Crippen molar-refractivity contribution in [3.05, 3.63) is 325 Å². The third kappa shape index (κ3) is 11.0. The van der Waals surface area contributed by atoms with Crippen molar-refractivity contribution in [2.45, 2.75) is 0 Å². The maximum absolute atomic E-state index is 5.98. The summed E-state index contributed by atoms with van der Waals surface area (Å²) in [6.45, 7) is 0. The number of rotatable bonds is 9. The minimum atomic E-state index is 0. The number of hydrogen-bond donors (Lipinski definition) is 0. The van der Waals surface area contributed by atoms with Crippen LogP contribution in [0.2, 0.25) is 0 Å². The van der Waals surface area contributed by atoms with E-state index < -0.39 is 0 Å². The summed E-state index contributed by atoms with van der Waals surface area (Å²) >= 11 is 0. The number of benzene rings is 8. The summed E-state index contributed by atoms with van der Waals surface area (Å²) < 4.78 is 0. The van der Waals surface area contributed by atoms with Crippen LogP contribution in [0.25, 0.3) is 193 Å². The van der Waals surface area contributed by atoms with Gasteiger partial charge >= 0.3 is 40.8 Å². The Morgan fingerprint density at radius 3 is 0.673 bits per heavy atom. The van der Waals surface area contributed by atoms with E-state index in [9.17, 15) is 0 Å². The first-order valence-corrected chi connectivity index (χ1v) is 32.2. The van der Waals surface area contributed by atoms with Crippen molar-refractivity contribution in [1.82, 2.24) is 39.9 Å². The average Bonchev–Trinajstić information content (AvgIpc) is 1.58. The first-order valence-electron chi connectivity index (χ1n) is 32.2. The van der Waals surface area contributed by atoms with Gasteiger partial charge in [0.2, 0.25) is 0 Å². The van der Waals surface area contributed by atoms with Gasteiger partial charge < -0.3 is 19.9 Å². The quantitative estimate of drug-likeness (QED) is 0.132. The summed E-state index contributed by atoms with van der Waals surface area (Å²) in [5.74, 6) is 0. The van der Waals surface area contributed by atoms with Crippen LogP contribution in [0.1, 0.15) is 45.6 Å². The summed E-state index contributed by atoms with van der Waals surface area (Å²) in [5.41, 5.74) is 29.3. The molecule has 8 nitrogen and oxygen atoms in total.